The van der Waals surface area contributed by atoms with Crippen LogP contribution in [-0.2, 0) is 4.74 Å². The number of halogens is 1. The van der Waals surface area contributed by atoms with Gasteiger partial charge in [-0.05, 0) is 22.0 Å². The fraction of sp³-hybridized carbons (Fsp3) is 0.143. The fourth-order valence-corrected chi connectivity index (χ4v) is 1.17. The predicted molar refractivity (Wildman–Crippen MR) is 45.2 cm³/mol. The highest BCUT2D eigenvalue weighted by Gasteiger charge is 2.11. The van der Waals surface area contributed by atoms with E-state index in [1.54, 1.807) is 0 Å². The predicted octanol–water partition coefficient (Wildman–Crippen LogP) is 1.38. The van der Waals surface area contributed by atoms with Gasteiger partial charge in [0.15, 0.2) is 6.29 Å². The van der Waals surface area contributed by atoms with Crippen LogP contribution in [0.5, 0.6) is 0 Å². The number of aromatic amines is 1. The van der Waals surface area contributed by atoms with Crippen LogP contribution in [0, 0.1) is 0 Å². The first-order chi connectivity index (χ1) is 5.69. The van der Waals surface area contributed by atoms with Crippen molar-refractivity contribution in [3.63, 3.8) is 0 Å². The van der Waals surface area contributed by atoms with Crippen molar-refractivity contribution in [2.45, 2.75) is 0 Å². The summed E-state index contributed by atoms with van der Waals surface area (Å²) in [6.45, 7) is 0. The van der Waals surface area contributed by atoms with E-state index in [0.29, 0.717) is 16.5 Å². The minimum atomic E-state index is -0.496. The Bertz CT molecular complexity index is 318. The number of ether oxygens (including phenoxy) is 1. The standard InChI is InChI=1S/C7H6BrNO3/c1-12-7(11)5-2-4(3-10)6(8)9-5/h2-3,9H,1H3. The normalized spacial score (nSPS) is 9.50. The molecule has 0 atom stereocenters. The van der Waals surface area contributed by atoms with Crippen molar-refractivity contribution in [2.24, 2.45) is 0 Å². The van der Waals surface area contributed by atoms with Crippen LogP contribution >= 0.6 is 15.9 Å². The number of H-pyrrole nitrogens is 1. The molecule has 1 aromatic rings. The molecule has 0 fully saturated rings. The van der Waals surface area contributed by atoms with Crippen LogP contribution < -0.4 is 0 Å². The zero-order valence-corrected chi connectivity index (χ0v) is 7.84. The minimum Gasteiger partial charge on any atom is -0.464 e. The Morgan fingerprint density at radius 1 is 1.75 bits per heavy atom. The van der Waals surface area contributed by atoms with Crippen molar-refractivity contribution >= 4 is 28.2 Å². The number of hydrogen-bond acceptors (Lipinski definition) is 3. The number of aldehydes is 1. The van der Waals surface area contributed by atoms with Gasteiger partial charge in [-0.1, -0.05) is 0 Å². The number of aromatic nitrogens is 1. The van der Waals surface area contributed by atoms with Gasteiger partial charge in [0, 0.05) is 5.56 Å². The third kappa shape index (κ3) is 1.55. The molecule has 1 aromatic heterocycles. The molecule has 4 nitrogen and oxygen atoms in total. The highest BCUT2D eigenvalue weighted by molar-refractivity contribution is 9.10. The summed E-state index contributed by atoms with van der Waals surface area (Å²) in [5.74, 6) is -0.496. The van der Waals surface area contributed by atoms with E-state index >= 15 is 0 Å². The van der Waals surface area contributed by atoms with Crippen LogP contribution in [0.15, 0.2) is 10.7 Å². The molecular formula is C7H6BrNO3. The number of esters is 1. The van der Waals surface area contributed by atoms with E-state index in [0.717, 1.165) is 0 Å². The Hall–Kier alpha value is -1.10. The zero-order chi connectivity index (χ0) is 9.14. The third-order valence-electron chi connectivity index (χ3n) is 1.33. The molecule has 0 unspecified atom stereocenters. The lowest BCUT2D eigenvalue weighted by atomic mass is 10.3. The van der Waals surface area contributed by atoms with Gasteiger partial charge in [0.2, 0.25) is 0 Å². The lowest BCUT2D eigenvalue weighted by molar-refractivity contribution is 0.0594. The summed E-state index contributed by atoms with van der Waals surface area (Å²) in [5.41, 5.74) is 0.655. The topological polar surface area (TPSA) is 59.2 Å². The van der Waals surface area contributed by atoms with Gasteiger partial charge in [-0.2, -0.15) is 0 Å². The van der Waals surface area contributed by atoms with Gasteiger partial charge in [-0.3, -0.25) is 4.79 Å². The molecule has 0 radical (unpaired) electrons. The maximum absolute atomic E-state index is 10.9. The maximum Gasteiger partial charge on any atom is 0.354 e. The molecule has 0 saturated heterocycles. The maximum atomic E-state index is 10.9. The van der Waals surface area contributed by atoms with Crippen molar-refractivity contribution in [1.29, 1.82) is 0 Å². The summed E-state index contributed by atoms with van der Waals surface area (Å²) in [6, 6.07) is 1.42. The van der Waals surface area contributed by atoms with Crippen LogP contribution in [0.25, 0.3) is 0 Å². The monoisotopic (exact) mass is 231 g/mol. The Morgan fingerprint density at radius 2 is 2.42 bits per heavy atom. The summed E-state index contributed by atoms with van der Waals surface area (Å²) in [7, 11) is 1.28. The second kappa shape index (κ2) is 3.53. The van der Waals surface area contributed by atoms with Gasteiger partial charge in [-0.25, -0.2) is 4.79 Å². The van der Waals surface area contributed by atoms with E-state index in [9.17, 15) is 9.59 Å². The molecule has 0 aliphatic carbocycles. The minimum absolute atomic E-state index is 0.256. The lowest BCUT2D eigenvalue weighted by Crippen LogP contribution is -2.00. The molecule has 0 aliphatic rings. The number of nitrogens with one attached hydrogen (secondary N) is 1. The van der Waals surface area contributed by atoms with Crippen molar-refractivity contribution in [3.05, 3.63) is 21.9 Å². The number of carbonyl (C=O) groups is 2. The van der Waals surface area contributed by atoms with E-state index < -0.39 is 5.97 Å². The van der Waals surface area contributed by atoms with Crippen LogP contribution in [0.3, 0.4) is 0 Å². The second-order valence-corrected chi connectivity index (χ2v) is 2.85. The Balaban J connectivity index is 3.04. The van der Waals surface area contributed by atoms with Crippen molar-refractivity contribution in [1.82, 2.24) is 4.98 Å². The fourth-order valence-electron chi connectivity index (χ4n) is 0.751. The molecule has 12 heavy (non-hydrogen) atoms. The van der Waals surface area contributed by atoms with Crippen LogP contribution in [0.2, 0.25) is 0 Å². The van der Waals surface area contributed by atoms with E-state index in [1.165, 1.54) is 13.2 Å². The van der Waals surface area contributed by atoms with E-state index in [4.69, 9.17) is 0 Å². The number of carbonyl (C=O) groups excluding carboxylic acids is 2. The molecular weight excluding hydrogens is 226 g/mol. The highest BCUT2D eigenvalue weighted by atomic mass is 79.9. The lowest BCUT2D eigenvalue weighted by Gasteiger charge is -1.91. The van der Waals surface area contributed by atoms with Crippen LogP contribution in [-0.4, -0.2) is 24.3 Å². The van der Waals surface area contributed by atoms with Gasteiger partial charge in [0.1, 0.15) is 5.69 Å². The van der Waals surface area contributed by atoms with Gasteiger partial charge < -0.3 is 9.72 Å². The molecule has 0 saturated carbocycles. The van der Waals surface area contributed by atoms with Crippen molar-refractivity contribution in [3.8, 4) is 0 Å². The summed E-state index contributed by atoms with van der Waals surface area (Å²) in [5, 5.41) is 0. The van der Waals surface area contributed by atoms with Crippen molar-refractivity contribution < 1.29 is 14.3 Å². The van der Waals surface area contributed by atoms with Gasteiger partial charge in [0.05, 0.1) is 11.7 Å². The molecule has 0 aliphatic heterocycles. The summed E-state index contributed by atoms with van der Waals surface area (Å²) < 4.78 is 4.93. The average Bonchev–Trinajstić information content (AvgIpc) is 2.45. The smallest absolute Gasteiger partial charge is 0.354 e. The molecule has 1 N–H and O–H groups in total. The summed E-state index contributed by atoms with van der Waals surface area (Å²) in [6.07, 6.45) is 0.646. The average molecular weight is 232 g/mol. The Kier molecular flexibility index (Phi) is 2.65. The van der Waals surface area contributed by atoms with Crippen LogP contribution in [0.1, 0.15) is 20.8 Å². The summed E-state index contributed by atoms with van der Waals surface area (Å²) >= 11 is 3.08. The number of methoxy groups -OCH3 is 1. The molecule has 0 bridgehead atoms. The quantitative estimate of drug-likeness (QED) is 0.618. The van der Waals surface area contributed by atoms with Crippen molar-refractivity contribution in [2.75, 3.05) is 7.11 Å². The largest absolute Gasteiger partial charge is 0.464 e. The number of rotatable bonds is 2. The third-order valence-corrected chi connectivity index (χ3v) is 1.99. The molecule has 1 rings (SSSR count). The molecule has 0 aromatic carbocycles. The zero-order valence-electron chi connectivity index (χ0n) is 6.26. The highest BCUT2D eigenvalue weighted by Crippen LogP contribution is 2.15. The Labute approximate surface area is 77.0 Å². The Morgan fingerprint density at radius 3 is 2.83 bits per heavy atom. The molecule has 0 amide bonds. The summed E-state index contributed by atoms with van der Waals surface area (Å²) in [4.78, 5) is 23.9. The number of hydrogen-bond donors (Lipinski definition) is 1. The first-order valence-electron chi connectivity index (χ1n) is 3.11. The molecule has 0 spiro atoms. The first kappa shape index (κ1) is 8.99. The van der Waals surface area contributed by atoms with Crippen LogP contribution in [0.4, 0.5) is 0 Å². The van der Waals surface area contributed by atoms with E-state index in [1.807, 2.05) is 0 Å². The van der Waals surface area contributed by atoms with Gasteiger partial charge >= 0.3 is 5.97 Å². The van der Waals surface area contributed by atoms with E-state index in [-0.39, 0.29) is 5.69 Å². The van der Waals surface area contributed by atoms with E-state index in [2.05, 4.69) is 25.7 Å². The molecule has 5 heteroatoms. The molecule has 64 valence electrons. The van der Waals surface area contributed by atoms with Gasteiger partial charge in [0.25, 0.3) is 0 Å². The second-order valence-electron chi connectivity index (χ2n) is 2.06. The van der Waals surface area contributed by atoms with Gasteiger partial charge in [-0.15, -0.1) is 0 Å². The first-order valence-corrected chi connectivity index (χ1v) is 3.90. The molecule has 1 heterocycles. The SMILES string of the molecule is COC(=O)c1cc(C=O)c(Br)[nH]1.